The van der Waals surface area contributed by atoms with Crippen molar-refractivity contribution in [2.24, 2.45) is 5.73 Å². The summed E-state index contributed by atoms with van der Waals surface area (Å²) in [5, 5.41) is 0. The summed E-state index contributed by atoms with van der Waals surface area (Å²) in [5.41, 5.74) is 9.45. The number of carbonyl (C=O) groups is 2. The van der Waals surface area contributed by atoms with E-state index in [0.717, 1.165) is 49.3 Å². The van der Waals surface area contributed by atoms with Crippen LogP contribution in [0.25, 0.3) is 6.08 Å². The zero-order valence-electron chi connectivity index (χ0n) is 23.1. The highest BCUT2D eigenvalue weighted by molar-refractivity contribution is 5.99. The van der Waals surface area contributed by atoms with Crippen LogP contribution in [0, 0.1) is 6.92 Å². The number of piperidine rings is 1. The zero-order valence-corrected chi connectivity index (χ0v) is 23.1. The molecule has 202 valence electrons. The summed E-state index contributed by atoms with van der Waals surface area (Å²) in [7, 11) is 1.63. The fourth-order valence-corrected chi connectivity index (χ4v) is 4.55. The van der Waals surface area contributed by atoms with E-state index in [1.54, 1.807) is 20.1 Å². The second-order valence-electron chi connectivity index (χ2n) is 9.20. The number of esters is 1. The van der Waals surface area contributed by atoms with Gasteiger partial charge >= 0.3 is 5.97 Å². The number of hydrogen-bond donors (Lipinski definition) is 1. The molecule has 1 aromatic carbocycles. The number of carbonyl (C=O) groups excluding carboxylic acids is 2. The van der Waals surface area contributed by atoms with Gasteiger partial charge in [-0.05, 0) is 62.9 Å². The first-order chi connectivity index (χ1) is 17.8. The minimum atomic E-state index is -0.476. The first kappa shape index (κ1) is 29.9. The average molecular weight is 510 g/mol. The van der Waals surface area contributed by atoms with Crippen molar-refractivity contribution in [2.75, 3.05) is 33.4 Å². The molecule has 0 bridgehead atoms. The van der Waals surface area contributed by atoms with Crippen molar-refractivity contribution in [1.82, 2.24) is 9.47 Å². The Morgan fingerprint density at radius 2 is 1.84 bits per heavy atom. The Morgan fingerprint density at radius 3 is 2.41 bits per heavy atom. The van der Waals surface area contributed by atoms with Gasteiger partial charge in [-0.3, -0.25) is 4.79 Å². The Labute approximate surface area is 221 Å². The maximum Gasteiger partial charge on any atom is 0.338 e. The fourth-order valence-electron chi connectivity index (χ4n) is 4.55. The molecule has 0 spiro atoms. The van der Waals surface area contributed by atoms with Crippen molar-refractivity contribution >= 4 is 18.0 Å². The highest BCUT2D eigenvalue weighted by Crippen LogP contribution is 2.29. The van der Waals surface area contributed by atoms with Crippen LogP contribution in [0.4, 0.5) is 0 Å². The molecule has 1 aromatic heterocycles. The summed E-state index contributed by atoms with van der Waals surface area (Å²) in [6.45, 7) is 14.9. The number of methoxy groups -OCH3 is 1. The summed E-state index contributed by atoms with van der Waals surface area (Å²) in [4.78, 5) is 26.5. The minimum absolute atomic E-state index is 0.312. The number of amides is 1. The molecule has 7 nitrogen and oxygen atoms in total. The third-order valence-corrected chi connectivity index (χ3v) is 6.44. The maximum atomic E-state index is 12.4. The summed E-state index contributed by atoms with van der Waals surface area (Å²) in [6, 6.07) is 7.92. The van der Waals surface area contributed by atoms with E-state index >= 15 is 0 Å². The smallest absolute Gasteiger partial charge is 0.338 e. The van der Waals surface area contributed by atoms with E-state index in [2.05, 4.69) is 42.2 Å². The number of aromatic nitrogens is 1. The van der Waals surface area contributed by atoms with E-state index in [-0.39, 0.29) is 5.97 Å². The molecule has 1 aliphatic heterocycles. The van der Waals surface area contributed by atoms with E-state index in [0.29, 0.717) is 36.0 Å². The molecule has 0 atom stereocenters. The van der Waals surface area contributed by atoms with E-state index in [9.17, 15) is 9.59 Å². The largest absolute Gasteiger partial charge is 0.496 e. The van der Waals surface area contributed by atoms with Crippen LogP contribution in [0.15, 0.2) is 48.7 Å². The molecule has 3 rings (SSSR count). The number of benzene rings is 1. The highest BCUT2D eigenvalue weighted by Gasteiger charge is 2.24. The van der Waals surface area contributed by atoms with Gasteiger partial charge in [0.25, 0.3) is 0 Å². The molecule has 0 radical (unpaired) electrons. The van der Waals surface area contributed by atoms with E-state index in [1.165, 1.54) is 12.5 Å². The molecule has 2 N–H and O–H groups in total. The first-order valence-electron chi connectivity index (χ1n) is 13.2. The predicted octanol–water partition coefficient (Wildman–Crippen LogP) is 5.33. The van der Waals surface area contributed by atoms with Crippen molar-refractivity contribution in [3.05, 3.63) is 71.1 Å². The van der Waals surface area contributed by atoms with Crippen molar-refractivity contribution in [1.29, 1.82) is 0 Å². The second-order valence-corrected chi connectivity index (χ2v) is 9.20. The third kappa shape index (κ3) is 8.09. The van der Waals surface area contributed by atoms with Gasteiger partial charge in [-0.1, -0.05) is 39.0 Å². The van der Waals surface area contributed by atoms with E-state index in [1.807, 2.05) is 25.1 Å². The van der Waals surface area contributed by atoms with Crippen molar-refractivity contribution in [3.8, 4) is 5.75 Å². The van der Waals surface area contributed by atoms with Crippen molar-refractivity contribution in [2.45, 2.75) is 59.4 Å². The van der Waals surface area contributed by atoms with Gasteiger partial charge in [-0.15, -0.1) is 0 Å². The summed E-state index contributed by atoms with van der Waals surface area (Å²) >= 11 is 0. The van der Waals surface area contributed by atoms with Crippen LogP contribution >= 0.6 is 0 Å². The topological polar surface area (TPSA) is 86.8 Å². The summed E-state index contributed by atoms with van der Waals surface area (Å²) in [6.07, 6.45) is 9.36. The lowest BCUT2D eigenvalue weighted by Crippen LogP contribution is -2.36. The van der Waals surface area contributed by atoms with Gasteiger partial charge in [0.1, 0.15) is 5.75 Å². The van der Waals surface area contributed by atoms with Gasteiger partial charge in [0.2, 0.25) is 5.91 Å². The van der Waals surface area contributed by atoms with Gasteiger partial charge in [-0.2, -0.15) is 0 Å². The Hall–Kier alpha value is -3.32. The van der Waals surface area contributed by atoms with Crippen molar-refractivity contribution in [3.63, 3.8) is 0 Å². The number of nitrogens with zero attached hydrogens (tertiary/aromatic N) is 2. The maximum absolute atomic E-state index is 12.4. The van der Waals surface area contributed by atoms with E-state index in [4.69, 9.17) is 15.2 Å². The number of hydrogen-bond acceptors (Lipinski definition) is 5. The molecular formula is C30H43N3O4. The van der Waals surface area contributed by atoms with Gasteiger partial charge < -0.3 is 24.7 Å². The van der Waals surface area contributed by atoms with Gasteiger partial charge in [0, 0.05) is 48.7 Å². The second kappa shape index (κ2) is 15.1. The summed E-state index contributed by atoms with van der Waals surface area (Å²) in [5.74, 6) is -0.0730. The molecule has 0 saturated carbocycles. The number of ether oxygens (including phenoxy) is 2. The number of primary amides is 1. The molecule has 1 fully saturated rings. The molecule has 37 heavy (non-hydrogen) atoms. The number of likely N-dealkylation sites (tertiary alicyclic amines) is 1. The Balaban J connectivity index is 0.00000153. The SMILES string of the molecule is C=C/C(=C\c1c(C)ccn1C1CCN(CCc2c(OC)cccc2C(=O)OCC)CC1)C(N)=O.CCC. The van der Waals surface area contributed by atoms with Crippen LogP contribution in [-0.4, -0.2) is 54.7 Å². The molecule has 1 aliphatic rings. The average Bonchev–Trinajstić information content (AvgIpc) is 3.26. The molecule has 0 aliphatic carbocycles. The Morgan fingerprint density at radius 1 is 1.16 bits per heavy atom. The van der Waals surface area contributed by atoms with Gasteiger partial charge in [-0.25, -0.2) is 4.79 Å². The Kier molecular flexibility index (Phi) is 12.2. The van der Waals surface area contributed by atoms with Crippen LogP contribution in [-0.2, 0) is 16.0 Å². The number of nitrogens with two attached hydrogens (primary N) is 1. The van der Waals surface area contributed by atoms with Crippen molar-refractivity contribution < 1.29 is 19.1 Å². The minimum Gasteiger partial charge on any atom is -0.496 e. The first-order valence-corrected chi connectivity index (χ1v) is 13.2. The molecule has 2 aromatic rings. The molecule has 1 saturated heterocycles. The van der Waals surface area contributed by atoms with Crippen LogP contribution in [0.5, 0.6) is 5.75 Å². The number of aryl methyl sites for hydroxylation is 1. The van der Waals surface area contributed by atoms with E-state index < -0.39 is 5.91 Å². The van der Waals surface area contributed by atoms with Crippen LogP contribution < -0.4 is 10.5 Å². The predicted molar refractivity (Wildman–Crippen MR) is 150 cm³/mol. The highest BCUT2D eigenvalue weighted by atomic mass is 16.5. The van der Waals surface area contributed by atoms with Gasteiger partial charge in [0.05, 0.1) is 19.3 Å². The lowest BCUT2D eigenvalue weighted by Gasteiger charge is -2.33. The third-order valence-electron chi connectivity index (χ3n) is 6.44. The standard InChI is InChI=1S/C27H35N3O4.C3H8/c1-5-20(26(28)31)18-24-19(3)10-17-30(24)21-11-14-29(15-12-21)16-13-22-23(27(32)34-6-2)8-7-9-25(22)33-4;1-3-2/h5,7-10,17-18,21H,1,6,11-16H2,2-4H3,(H2,28,31);3H2,1-2H3/b20-18+;. The van der Waals surface area contributed by atoms with Gasteiger partial charge in [0.15, 0.2) is 0 Å². The molecular weight excluding hydrogens is 466 g/mol. The number of rotatable bonds is 10. The zero-order chi connectivity index (χ0) is 27.4. The van der Waals surface area contributed by atoms with Crippen LogP contribution in [0.3, 0.4) is 0 Å². The molecule has 0 unspecified atom stereocenters. The fraction of sp³-hybridized carbons (Fsp3) is 0.467. The van der Waals surface area contributed by atoms with Crippen LogP contribution in [0.2, 0.25) is 0 Å². The molecule has 7 heteroatoms. The lowest BCUT2D eigenvalue weighted by molar-refractivity contribution is -0.114. The monoisotopic (exact) mass is 509 g/mol. The quantitative estimate of drug-likeness (QED) is 0.266. The molecule has 1 amide bonds. The Bertz CT molecular complexity index is 1080. The summed E-state index contributed by atoms with van der Waals surface area (Å²) < 4.78 is 13.0. The normalized spacial score (nSPS) is 14.5. The van der Waals surface area contributed by atoms with Crippen LogP contribution in [0.1, 0.15) is 73.3 Å². The molecule has 2 heterocycles. The lowest BCUT2D eigenvalue weighted by atomic mass is 10.0.